The monoisotopic (exact) mass is 412 g/mol. The molecule has 0 aromatic heterocycles. The van der Waals surface area contributed by atoms with Crippen molar-refractivity contribution in [2.24, 2.45) is 17.3 Å². The zero-order valence-electron chi connectivity index (χ0n) is 16.6. The van der Waals surface area contributed by atoms with Crippen LogP contribution in [0.25, 0.3) is 0 Å². The van der Waals surface area contributed by atoms with Crippen LogP contribution in [0.1, 0.15) is 30.9 Å². The number of nitrogens with zero attached hydrogens (tertiary/aromatic N) is 3. The zero-order chi connectivity index (χ0) is 22.3. The van der Waals surface area contributed by atoms with Crippen LogP contribution in [0.4, 0.5) is 13.2 Å². The number of benzene rings is 1. The summed E-state index contributed by atoms with van der Waals surface area (Å²) in [7, 11) is 0. The Morgan fingerprint density at radius 2 is 1.80 bits per heavy atom. The summed E-state index contributed by atoms with van der Waals surface area (Å²) in [5, 5.41) is 38.2. The Labute approximate surface area is 173 Å². The molecule has 0 radical (unpaired) electrons. The highest BCUT2D eigenvalue weighted by molar-refractivity contribution is 6.00. The summed E-state index contributed by atoms with van der Waals surface area (Å²) >= 11 is 0. The van der Waals surface area contributed by atoms with Gasteiger partial charge in [-0.15, -0.1) is 0 Å². The van der Waals surface area contributed by atoms with Crippen molar-refractivity contribution in [2.75, 3.05) is 13.1 Å². The highest BCUT2D eigenvalue weighted by Gasteiger charge is 2.60. The summed E-state index contributed by atoms with van der Waals surface area (Å²) in [6.07, 6.45) is -2.86. The van der Waals surface area contributed by atoms with E-state index in [1.165, 1.54) is 18.2 Å². The Morgan fingerprint density at radius 3 is 2.33 bits per heavy atom. The van der Waals surface area contributed by atoms with Gasteiger partial charge in [0.05, 0.1) is 48.6 Å². The molecule has 2 unspecified atom stereocenters. The molecule has 5 nitrogen and oxygen atoms in total. The van der Waals surface area contributed by atoms with E-state index in [-0.39, 0.29) is 11.6 Å². The van der Waals surface area contributed by atoms with Crippen molar-refractivity contribution in [2.45, 2.75) is 32.0 Å². The van der Waals surface area contributed by atoms with Gasteiger partial charge < -0.3 is 10.3 Å². The van der Waals surface area contributed by atoms with Crippen LogP contribution in [-0.2, 0) is 6.18 Å². The maximum atomic E-state index is 13.8. The molecule has 4 atom stereocenters. The van der Waals surface area contributed by atoms with Gasteiger partial charge in [0.2, 0.25) is 0 Å². The third-order valence-corrected chi connectivity index (χ3v) is 6.33. The Bertz CT molecular complexity index is 1000. The smallest absolute Gasteiger partial charge is 0.329 e. The molecule has 0 amide bonds. The van der Waals surface area contributed by atoms with E-state index in [9.17, 15) is 29.0 Å². The topological polar surface area (TPSA) is 99.7 Å². The lowest BCUT2D eigenvalue weighted by Gasteiger charge is -2.47. The predicted octanol–water partition coefficient (Wildman–Crippen LogP) is 2.85. The molecule has 8 heteroatoms. The number of quaternary nitrogens is 1. The first-order chi connectivity index (χ1) is 14.1. The summed E-state index contributed by atoms with van der Waals surface area (Å²) in [4.78, 5) is 1.09. The average Bonchev–Trinajstić information content (AvgIpc) is 2.72. The molecule has 2 N–H and O–H groups in total. The Balaban J connectivity index is 2.33. The molecule has 1 aliphatic heterocycles. The third-order valence-electron chi connectivity index (χ3n) is 6.33. The molecule has 2 aliphatic rings. The van der Waals surface area contributed by atoms with Gasteiger partial charge in [0.15, 0.2) is 5.41 Å². The molecule has 0 bridgehead atoms. The first kappa shape index (κ1) is 21.6. The summed E-state index contributed by atoms with van der Waals surface area (Å²) < 4.78 is 41.5. The van der Waals surface area contributed by atoms with Crippen molar-refractivity contribution in [1.29, 1.82) is 21.2 Å². The number of rotatable bonds is 2. The SMILES string of the molecule is CC(C)[NH+]1CC=C2C(C#N)C(=N)C(C#N)(C#N)[C@@H](c3ccccc3C(F)(F)F)[C@@H]2C1. The molecule has 30 heavy (non-hydrogen) atoms. The Morgan fingerprint density at radius 1 is 1.17 bits per heavy atom. The molecule has 154 valence electrons. The lowest BCUT2D eigenvalue weighted by atomic mass is 9.54. The molecular formula is C22H21F3N5+. The average molecular weight is 412 g/mol. The molecule has 1 aliphatic carbocycles. The van der Waals surface area contributed by atoms with Crippen LogP contribution in [0.2, 0.25) is 0 Å². The molecular weight excluding hydrogens is 391 g/mol. The normalized spacial score (nSPS) is 28.0. The van der Waals surface area contributed by atoms with Crippen molar-refractivity contribution in [3.8, 4) is 18.2 Å². The number of nitrogens with one attached hydrogen (secondary N) is 2. The van der Waals surface area contributed by atoms with Gasteiger partial charge in [-0.2, -0.15) is 29.0 Å². The van der Waals surface area contributed by atoms with E-state index < -0.39 is 40.6 Å². The summed E-state index contributed by atoms with van der Waals surface area (Å²) in [5.41, 5.74) is -3.12. The van der Waals surface area contributed by atoms with Crippen LogP contribution in [-0.4, -0.2) is 24.8 Å². The molecule has 1 saturated carbocycles. The maximum absolute atomic E-state index is 13.8. The number of alkyl halides is 3. The van der Waals surface area contributed by atoms with Crippen molar-refractivity contribution >= 4 is 5.71 Å². The summed E-state index contributed by atoms with van der Waals surface area (Å²) in [6.45, 7) is 4.94. The van der Waals surface area contributed by atoms with Crippen LogP contribution in [0.3, 0.4) is 0 Å². The predicted molar refractivity (Wildman–Crippen MR) is 102 cm³/mol. The molecule has 1 heterocycles. The molecule has 0 saturated heterocycles. The highest BCUT2D eigenvalue weighted by Crippen LogP contribution is 2.54. The van der Waals surface area contributed by atoms with Crippen molar-refractivity contribution in [3.63, 3.8) is 0 Å². The Hall–Kier alpha value is -3.15. The van der Waals surface area contributed by atoms with E-state index in [4.69, 9.17) is 5.41 Å². The van der Waals surface area contributed by atoms with Gasteiger partial charge in [-0.05, 0) is 37.1 Å². The molecule has 1 aromatic carbocycles. The largest absolute Gasteiger partial charge is 0.416 e. The van der Waals surface area contributed by atoms with E-state index in [2.05, 4.69) is 0 Å². The van der Waals surface area contributed by atoms with Gasteiger partial charge in [0.25, 0.3) is 0 Å². The zero-order valence-corrected chi connectivity index (χ0v) is 16.6. The second kappa shape index (κ2) is 7.59. The fourth-order valence-corrected chi connectivity index (χ4v) is 4.76. The van der Waals surface area contributed by atoms with E-state index in [1.54, 1.807) is 0 Å². The van der Waals surface area contributed by atoms with Gasteiger partial charge in [-0.25, -0.2) is 0 Å². The standard InChI is InChI=1S/C22H20F3N5/c1-13(2)30-8-7-14-16(9-26)20(29)21(11-27,12-28)19(17(14)10-30)15-5-3-4-6-18(15)22(23,24)25/h3-7,13,16-17,19,29H,8,10H2,1-2H3/p+1/t16?,17-,19+/m1/s1. The third kappa shape index (κ3) is 3.16. The van der Waals surface area contributed by atoms with Crippen LogP contribution in [0, 0.1) is 56.7 Å². The van der Waals surface area contributed by atoms with Gasteiger partial charge in [-0.3, -0.25) is 0 Å². The van der Waals surface area contributed by atoms with Crippen LogP contribution < -0.4 is 4.90 Å². The minimum absolute atomic E-state index is 0.168. The lowest BCUT2D eigenvalue weighted by Crippen LogP contribution is -3.16. The number of hydrogen-bond donors (Lipinski definition) is 2. The first-order valence-corrected chi connectivity index (χ1v) is 9.64. The lowest BCUT2D eigenvalue weighted by molar-refractivity contribution is -0.920. The number of halogens is 3. The molecule has 3 rings (SSSR count). The van der Waals surface area contributed by atoms with Gasteiger partial charge in [-0.1, -0.05) is 18.2 Å². The van der Waals surface area contributed by atoms with Crippen LogP contribution in [0.15, 0.2) is 35.9 Å². The fourth-order valence-electron chi connectivity index (χ4n) is 4.76. The van der Waals surface area contributed by atoms with Gasteiger partial charge >= 0.3 is 6.18 Å². The van der Waals surface area contributed by atoms with E-state index in [1.807, 2.05) is 38.1 Å². The first-order valence-electron chi connectivity index (χ1n) is 9.64. The van der Waals surface area contributed by atoms with Crippen LogP contribution in [0.5, 0.6) is 0 Å². The maximum Gasteiger partial charge on any atom is 0.416 e. The van der Waals surface area contributed by atoms with E-state index >= 15 is 0 Å². The Kier molecular flexibility index (Phi) is 5.46. The number of fused-ring (bicyclic) bond motifs is 1. The van der Waals surface area contributed by atoms with Crippen molar-refractivity contribution in [3.05, 3.63) is 47.0 Å². The number of nitriles is 3. The second-order valence-electron chi connectivity index (χ2n) is 8.10. The summed E-state index contributed by atoms with van der Waals surface area (Å²) in [6, 6.07) is 10.8. The number of hydrogen-bond acceptors (Lipinski definition) is 4. The minimum Gasteiger partial charge on any atom is -0.329 e. The quantitative estimate of drug-likeness (QED) is 0.731. The highest BCUT2D eigenvalue weighted by atomic mass is 19.4. The van der Waals surface area contributed by atoms with E-state index in [0.29, 0.717) is 18.7 Å². The fraction of sp³-hybridized carbons (Fsp3) is 0.455. The van der Waals surface area contributed by atoms with Crippen molar-refractivity contribution in [1.82, 2.24) is 0 Å². The molecule has 0 spiro atoms. The molecule has 1 fully saturated rings. The second-order valence-corrected chi connectivity index (χ2v) is 8.10. The molecule has 1 aromatic rings. The van der Waals surface area contributed by atoms with Gasteiger partial charge in [0.1, 0.15) is 5.92 Å². The van der Waals surface area contributed by atoms with E-state index in [0.717, 1.165) is 11.0 Å². The van der Waals surface area contributed by atoms with Crippen LogP contribution >= 0.6 is 0 Å². The minimum atomic E-state index is -4.68. The summed E-state index contributed by atoms with van der Waals surface area (Å²) in [5.74, 6) is -2.90. The van der Waals surface area contributed by atoms with Crippen molar-refractivity contribution < 1.29 is 18.1 Å². The van der Waals surface area contributed by atoms with Gasteiger partial charge in [0, 0.05) is 11.8 Å².